The Morgan fingerprint density at radius 3 is 2.17 bits per heavy atom. The number of hydrogen-bond acceptors (Lipinski definition) is 3. The Kier molecular flexibility index (Phi) is 3.28. The minimum Gasteiger partial charge on any atom is -0.330 e. The monoisotopic (exact) mass is 267 g/mol. The fourth-order valence-electron chi connectivity index (χ4n) is 2.70. The Hall–Kier alpha value is -0.870. The first kappa shape index (κ1) is 13.6. The molecule has 100 valence electrons. The van der Waals surface area contributed by atoms with Crippen LogP contribution in [0.5, 0.6) is 0 Å². The van der Waals surface area contributed by atoms with Crippen LogP contribution in [0, 0.1) is 13.8 Å². The third-order valence-electron chi connectivity index (χ3n) is 4.27. The molecule has 0 radical (unpaired) electrons. The summed E-state index contributed by atoms with van der Waals surface area (Å²) in [4.78, 5) is 0.468. The Morgan fingerprint density at radius 1 is 1.22 bits per heavy atom. The van der Waals surface area contributed by atoms with Crippen LogP contribution >= 0.6 is 0 Å². The SMILES string of the molecule is Cc1cc(C2(CN)CCC2)c(S(C)(=O)=O)cc1C. The maximum Gasteiger partial charge on any atom is 0.175 e. The van der Waals surface area contributed by atoms with Gasteiger partial charge in [-0.05, 0) is 49.4 Å². The molecule has 1 aromatic rings. The summed E-state index contributed by atoms with van der Waals surface area (Å²) in [6.45, 7) is 4.50. The first-order chi connectivity index (χ1) is 8.30. The van der Waals surface area contributed by atoms with Gasteiger partial charge >= 0.3 is 0 Å². The zero-order chi connectivity index (χ0) is 13.6. The highest BCUT2D eigenvalue weighted by Gasteiger charge is 2.40. The zero-order valence-electron chi connectivity index (χ0n) is 11.3. The molecule has 0 saturated heterocycles. The second-order valence-corrected chi connectivity index (χ2v) is 7.53. The van der Waals surface area contributed by atoms with Crippen LogP contribution in [-0.2, 0) is 15.3 Å². The lowest BCUT2D eigenvalue weighted by Gasteiger charge is -2.42. The Morgan fingerprint density at radius 2 is 1.78 bits per heavy atom. The van der Waals surface area contributed by atoms with Gasteiger partial charge in [0.1, 0.15) is 0 Å². The molecular weight excluding hydrogens is 246 g/mol. The summed E-state index contributed by atoms with van der Waals surface area (Å²) in [5.74, 6) is 0. The molecular formula is C14H21NO2S. The number of aryl methyl sites for hydroxylation is 2. The lowest BCUT2D eigenvalue weighted by Crippen LogP contribution is -2.42. The lowest BCUT2D eigenvalue weighted by atomic mass is 9.64. The highest BCUT2D eigenvalue weighted by atomic mass is 32.2. The van der Waals surface area contributed by atoms with Crippen LogP contribution < -0.4 is 5.73 Å². The van der Waals surface area contributed by atoms with Gasteiger partial charge in [-0.25, -0.2) is 8.42 Å². The molecule has 0 aromatic heterocycles. The highest BCUT2D eigenvalue weighted by molar-refractivity contribution is 7.90. The van der Waals surface area contributed by atoms with Crippen molar-refractivity contribution in [1.82, 2.24) is 0 Å². The summed E-state index contributed by atoms with van der Waals surface area (Å²) in [6.07, 6.45) is 4.40. The number of rotatable bonds is 3. The predicted molar refractivity (Wildman–Crippen MR) is 73.6 cm³/mol. The molecule has 3 nitrogen and oxygen atoms in total. The predicted octanol–water partition coefficient (Wildman–Crippen LogP) is 2.09. The molecule has 1 aromatic carbocycles. The summed E-state index contributed by atoms with van der Waals surface area (Å²) < 4.78 is 24.0. The first-order valence-corrected chi connectivity index (χ1v) is 8.21. The van der Waals surface area contributed by atoms with Gasteiger partial charge in [-0.15, -0.1) is 0 Å². The molecule has 0 aliphatic heterocycles. The second-order valence-electron chi connectivity index (χ2n) is 5.54. The number of sulfone groups is 1. The number of benzene rings is 1. The average Bonchev–Trinajstić information content (AvgIpc) is 2.20. The molecule has 0 bridgehead atoms. The molecule has 0 spiro atoms. The molecule has 0 atom stereocenters. The molecule has 18 heavy (non-hydrogen) atoms. The zero-order valence-corrected chi connectivity index (χ0v) is 12.1. The fraction of sp³-hybridized carbons (Fsp3) is 0.571. The molecule has 0 unspecified atom stereocenters. The minimum absolute atomic E-state index is 0.114. The summed E-state index contributed by atoms with van der Waals surface area (Å²) in [5, 5.41) is 0. The van der Waals surface area contributed by atoms with E-state index < -0.39 is 9.84 Å². The molecule has 2 rings (SSSR count). The van der Waals surface area contributed by atoms with Crippen molar-refractivity contribution < 1.29 is 8.42 Å². The first-order valence-electron chi connectivity index (χ1n) is 6.32. The minimum atomic E-state index is -3.20. The van der Waals surface area contributed by atoms with Crippen molar-refractivity contribution >= 4 is 9.84 Å². The van der Waals surface area contributed by atoms with Gasteiger partial charge in [-0.3, -0.25) is 0 Å². The van der Waals surface area contributed by atoms with Crippen molar-refractivity contribution in [1.29, 1.82) is 0 Å². The highest BCUT2D eigenvalue weighted by Crippen LogP contribution is 2.45. The molecule has 2 N–H and O–H groups in total. The molecule has 0 heterocycles. The van der Waals surface area contributed by atoms with Crippen LogP contribution in [0.1, 0.15) is 36.0 Å². The average molecular weight is 267 g/mol. The van der Waals surface area contributed by atoms with Gasteiger partial charge in [-0.1, -0.05) is 12.5 Å². The fourth-order valence-corrected chi connectivity index (χ4v) is 3.76. The Balaban J connectivity index is 2.69. The molecule has 4 heteroatoms. The van der Waals surface area contributed by atoms with Crippen LogP contribution in [0.3, 0.4) is 0 Å². The third kappa shape index (κ3) is 2.08. The second kappa shape index (κ2) is 4.35. The van der Waals surface area contributed by atoms with E-state index in [9.17, 15) is 8.42 Å². The topological polar surface area (TPSA) is 60.2 Å². The summed E-state index contributed by atoms with van der Waals surface area (Å²) in [7, 11) is -3.20. The molecule has 1 aliphatic rings. The van der Waals surface area contributed by atoms with E-state index in [-0.39, 0.29) is 5.41 Å². The van der Waals surface area contributed by atoms with E-state index in [1.807, 2.05) is 19.9 Å². The van der Waals surface area contributed by atoms with Crippen molar-refractivity contribution in [3.63, 3.8) is 0 Å². The van der Waals surface area contributed by atoms with Crippen molar-refractivity contribution in [2.45, 2.75) is 43.4 Å². The lowest BCUT2D eigenvalue weighted by molar-refractivity contribution is 0.248. The molecule has 0 amide bonds. The summed E-state index contributed by atoms with van der Waals surface area (Å²) in [6, 6.07) is 3.83. The largest absolute Gasteiger partial charge is 0.330 e. The van der Waals surface area contributed by atoms with Gasteiger partial charge in [0, 0.05) is 18.2 Å². The van der Waals surface area contributed by atoms with Crippen LogP contribution in [0.4, 0.5) is 0 Å². The molecule has 1 saturated carbocycles. The third-order valence-corrected chi connectivity index (χ3v) is 5.40. The van der Waals surface area contributed by atoms with E-state index in [0.29, 0.717) is 11.4 Å². The quantitative estimate of drug-likeness (QED) is 0.912. The number of nitrogens with two attached hydrogens (primary N) is 1. The Bertz CT molecular complexity index is 566. The maximum absolute atomic E-state index is 12.0. The van der Waals surface area contributed by atoms with Crippen LogP contribution in [0.15, 0.2) is 17.0 Å². The van der Waals surface area contributed by atoms with E-state index >= 15 is 0 Å². The van der Waals surface area contributed by atoms with Gasteiger partial charge < -0.3 is 5.73 Å². The van der Waals surface area contributed by atoms with E-state index in [0.717, 1.165) is 36.0 Å². The van der Waals surface area contributed by atoms with Gasteiger partial charge in [0.15, 0.2) is 9.84 Å². The van der Waals surface area contributed by atoms with E-state index in [2.05, 4.69) is 0 Å². The van der Waals surface area contributed by atoms with Crippen molar-refractivity contribution in [2.75, 3.05) is 12.8 Å². The van der Waals surface area contributed by atoms with E-state index in [1.54, 1.807) is 6.07 Å². The van der Waals surface area contributed by atoms with Crippen LogP contribution in [-0.4, -0.2) is 21.2 Å². The normalized spacial score (nSPS) is 18.4. The summed E-state index contributed by atoms with van der Waals surface area (Å²) in [5.41, 5.74) is 8.88. The van der Waals surface area contributed by atoms with E-state index in [1.165, 1.54) is 6.26 Å². The summed E-state index contributed by atoms with van der Waals surface area (Å²) >= 11 is 0. The van der Waals surface area contributed by atoms with E-state index in [4.69, 9.17) is 5.73 Å². The van der Waals surface area contributed by atoms with Crippen molar-refractivity contribution in [2.24, 2.45) is 5.73 Å². The number of hydrogen-bond donors (Lipinski definition) is 1. The van der Waals surface area contributed by atoms with Gasteiger partial charge in [0.2, 0.25) is 0 Å². The van der Waals surface area contributed by atoms with Crippen molar-refractivity contribution in [3.8, 4) is 0 Å². The van der Waals surface area contributed by atoms with Crippen LogP contribution in [0.25, 0.3) is 0 Å². The standard InChI is InChI=1S/C14H21NO2S/c1-10-7-12(14(9-15)5-4-6-14)13(8-11(10)2)18(3,16)17/h7-8H,4-6,9,15H2,1-3H3. The smallest absolute Gasteiger partial charge is 0.175 e. The molecule has 1 fully saturated rings. The van der Waals surface area contributed by atoms with Crippen molar-refractivity contribution in [3.05, 3.63) is 28.8 Å². The van der Waals surface area contributed by atoms with Gasteiger partial charge in [0.05, 0.1) is 4.90 Å². The van der Waals surface area contributed by atoms with Gasteiger partial charge in [-0.2, -0.15) is 0 Å². The van der Waals surface area contributed by atoms with Crippen LogP contribution in [0.2, 0.25) is 0 Å². The molecule has 1 aliphatic carbocycles. The maximum atomic E-state index is 12.0. The Labute approximate surface area is 109 Å². The van der Waals surface area contributed by atoms with Gasteiger partial charge in [0.25, 0.3) is 0 Å².